The molecule has 0 aromatic heterocycles. The second kappa shape index (κ2) is 8.74. The van der Waals surface area contributed by atoms with Gasteiger partial charge in [0.25, 0.3) is 0 Å². The highest BCUT2D eigenvalue weighted by molar-refractivity contribution is 5.92. The molecule has 1 N–H and O–H groups in total. The van der Waals surface area contributed by atoms with Crippen LogP contribution in [0.3, 0.4) is 0 Å². The van der Waals surface area contributed by atoms with Gasteiger partial charge in [-0.15, -0.1) is 0 Å². The van der Waals surface area contributed by atoms with Crippen molar-refractivity contribution in [1.82, 2.24) is 0 Å². The third kappa shape index (κ3) is 4.09. The van der Waals surface area contributed by atoms with Crippen molar-refractivity contribution in [3.8, 4) is 5.75 Å². The summed E-state index contributed by atoms with van der Waals surface area (Å²) in [5.41, 5.74) is 3.92. The Labute approximate surface area is 190 Å². The number of rotatable bonds is 8. The van der Waals surface area contributed by atoms with E-state index in [0.717, 1.165) is 35.5 Å². The van der Waals surface area contributed by atoms with E-state index in [9.17, 15) is 9.90 Å². The van der Waals surface area contributed by atoms with Crippen LogP contribution in [0.5, 0.6) is 5.75 Å². The van der Waals surface area contributed by atoms with Crippen LogP contribution in [0.2, 0.25) is 0 Å². The van der Waals surface area contributed by atoms with Gasteiger partial charge < -0.3 is 14.6 Å². The maximum absolute atomic E-state index is 11.5. The zero-order valence-corrected chi connectivity index (χ0v) is 18.8. The molecule has 0 amide bonds. The largest absolute Gasteiger partial charge is 0.478 e. The highest BCUT2D eigenvalue weighted by Crippen LogP contribution is 2.62. The Morgan fingerprint density at radius 2 is 1.75 bits per heavy atom. The Bertz CT molecular complexity index is 987. The maximum atomic E-state index is 11.5. The van der Waals surface area contributed by atoms with Crippen molar-refractivity contribution in [2.24, 2.45) is 17.8 Å². The SMILES string of the molecule is COCOc1ccc(CC=Cc2ccccc2C(=O)O)cc1C12CC3CC(CC(C3)C1)C2. The number of carbonyl (C=O) groups is 1. The molecule has 6 rings (SSSR count). The molecule has 4 saturated carbocycles. The van der Waals surface area contributed by atoms with E-state index >= 15 is 0 Å². The van der Waals surface area contributed by atoms with Gasteiger partial charge in [-0.1, -0.05) is 42.5 Å². The lowest BCUT2D eigenvalue weighted by atomic mass is 9.48. The van der Waals surface area contributed by atoms with Crippen LogP contribution in [-0.4, -0.2) is 25.0 Å². The van der Waals surface area contributed by atoms with Crippen LogP contribution in [0.15, 0.2) is 48.5 Å². The first-order chi connectivity index (χ1) is 15.6. The summed E-state index contributed by atoms with van der Waals surface area (Å²) in [5.74, 6) is 2.68. The Hall–Kier alpha value is -2.59. The lowest BCUT2D eigenvalue weighted by Crippen LogP contribution is -2.48. The van der Waals surface area contributed by atoms with E-state index in [1.54, 1.807) is 19.2 Å². The fourth-order valence-corrected chi connectivity index (χ4v) is 6.97. The first kappa shape index (κ1) is 21.3. The average Bonchev–Trinajstić information content (AvgIpc) is 2.77. The molecular formula is C28H32O4. The zero-order valence-electron chi connectivity index (χ0n) is 18.8. The van der Waals surface area contributed by atoms with Gasteiger partial charge in [0.15, 0.2) is 6.79 Å². The van der Waals surface area contributed by atoms with Crippen LogP contribution in [-0.2, 0) is 16.6 Å². The molecule has 2 aromatic rings. The fraction of sp³-hybridized carbons (Fsp3) is 0.464. The zero-order chi connectivity index (χ0) is 22.1. The maximum Gasteiger partial charge on any atom is 0.336 e. The average molecular weight is 433 g/mol. The minimum absolute atomic E-state index is 0.244. The van der Waals surface area contributed by atoms with Gasteiger partial charge in [-0.3, -0.25) is 0 Å². The summed E-state index contributed by atoms with van der Waals surface area (Å²) in [4.78, 5) is 11.5. The Balaban J connectivity index is 1.42. The molecule has 4 aliphatic carbocycles. The first-order valence-electron chi connectivity index (χ1n) is 11.8. The van der Waals surface area contributed by atoms with Crippen molar-refractivity contribution in [3.05, 3.63) is 70.8 Å². The van der Waals surface area contributed by atoms with E-state index in [1.807, 2.05) is 18.2 Å². The van der Waals surface area contributed by atoms with Crippen LogP contribution < -0.4 is 4.74 Å². The normalized spacial score (nSPS) is 28.3. The Kier molecular flexibility index (Phi) is 5.81. The summed E-state index contributed by atoms with van der Waals surface area (Å²) >= 11 is 0. The van der Waals surface area contributed by atoms with Crippen molar-refractivity contribution in [2.75, 3.05) is 13.9 Å². The smallest absolute Gasteiger partial charge is 0.336 e. The van der Waals surface area contributed by atoms with Crippen molar-refractivity contribution in [3.63, 3.8) is 0 Å². The molecular weight excluding hydrogens is 400 g/mol. The van der Waals surface area contributed by atoms with E-state index in [-0.39, 0.29) is 12.2 Å². The highest BCUT2D eigenvalue weighted by atomic mass is 16.7. The Morgan fingerprint density at radius 3 is 2.41 bits per heavy atom. The van der Waals surface area contributed by atoms with E-state index in [4.69, 9.17) is 9.47 Å². The van der Waals surface area contributed by atoms with Crippen molar-refractivity contribution in [1.29, 1.82) is 0 Å². The van der Waals surface area contributed by atoms with E-state index < -0.39 is 5.97 Å². The van der Waals surface area contributed by atoms with Gasteiger partial charge in [0, 0.05) is 12.7 Å². The fourth-order valence-electron chi connectivity index (χ4n) is 6.97. The van der Waals surface area contributed by atoms with Gasteiger partial charge in [0.1, 0.15) is 5.75 Å². The molecule has 4 nitrogen and oxygen atoms in total. The predicted molar refractivity (Wildman–Crippen MR) is 125 cm³/mol. The molecule has 4 bridgehead atoms. The monoisotopic (exact) mass is 432 g/mol. The number of hydrogen-bond donors (Lipinski definition) is 1. The molecule has 32 heavy (non-hydrogen) atoms. The minimum atomic E-state index is -0.894. The van der Waals surface area contributed by atoms with Gasteiger partial charge in [0.2, 0.25) is 0 Å². The highest BCUT2D eigenvalue weighted by Gasteiger charge is 2.52. The topological polar surface area (TPSA) is 55.8 Å². The number of methoxy groups -OCH3 is 1. The molecule has 0 spiro atoms. The molecule has 2 aromatic carbocycles. The van der Waals surface area contributed by atoms with E-state index in [0.29, 0.717) is 5.56 Å². The number of carboxylic acids is 1. The molecule has 4 heteroatoms. The molecule has 0 aliphatic heterocycles. The predicted octanol–water partition coefficient (Wildman–Crippen LogP) is 6.09. The van der Waals surface area contributed by atoms with Gasteiger partial charge in [0.05, 0.1) is 5.56 Å². The lowest BCUT2D eigenvalue weighted by molar-refractivity contribution is -0.00886. The lowest BCUT2D eigenvalue weighted by Gasteiger charge is -2.57. The Morgan fingerprint density at radius 1 is 1.06 bits per heavy atom. The number of carboxylic acid groups (broad SMARTS) is 1. The summed E-state index contributed by atoms with van der Waals surface area (Å²) in [6.45, 7) is 0.268. The standard InChI is InChI=1S/C28H32O4/c1-31-18-32-26-10-9-19(5-4-7-23-6-2-3-8-24(23)27(29)30)14-25(26)28-15-20-11-21(16-28)13-22(12-20)17-28/h2-4,6-10,14,20-22H,5,11-13,15-18H2,1H3,(H,29,30). The molecule has 0 heterocycles. The summed E-state index contributed by atoms with van der Waals surface area (Å²) < 4.78 is 11.3. The van der Waals surface area contributed by atoms with Crippen LogP contribution >= 0.6 is 0 Å². The number of aromatic carboxylic acids is 1. The molecule has 0 radical (unpaired) electrons. The minimum Gasteiger partial charge on any atom is -0.478 e. The van der Waals surface area contributed by atoms with Crippen molar-refractivity contribution >= 4 is 12.0 Å². The number of ether oxygens (including phenoxy) is 2. The molecule has 4 fully saturated rings. The number of allylic oxidation sites excluding steroid dienone is 1. The second-order valence-electron chi connectivity index (χ2n) is 10.1. The molecule has 168 valence electrons. The van der Waals surface area contributed by atoms with Gasteiger partial charge >= 0.3 is 5.97 Å². The van der Waals surface area contributed by atoms with Gasteiger partial charge in [-0.2, -0.15) is 0 Å². The third-order valence-corrected chi connectivity index (χ3v) is 7.83. The van der Waals surface area contributed by atoms with Crippen LogP contribution in [0, 0.1) is 17.8 Å². The second-order valence-corrected chi connectivity index (χ2v) is 10.1. The molecule has 4 aliphatic rings. The molecule has 0 saturated heterocycles. The van der Waals surface area contributed by atoms with Crippen LogP contribution in [0.25, 0.3) is 6.08 Å². The van der Waals surface area contributed by atoms with E-state index in [1.165, 1.54) is 49.7 Å². The van der Waals surface area contributed by atoms with Gasteiger partial charge in [-0.05, 0) is 91.4 Å². The summed E-state index contributed by atoms with van der Waals surface area (Å²) in [6.07, 6.45) is 12.9. The van der Waals surface area contributed by atoms with Crippen molar-refractivity contribution in [2.45, 2.75) is 50.4 Å². The van der Waals surface area contributed by atoms with Crippen LogP contribution in [0.1, 0.15) is 65.6 Å². The summed E-state index contributed by atoms with van der Waals surface area (Å²) in [5, 5.41) is 9.41. The van der Waals surface area contributed by atoms with E-state index in [2.05, 4.69) is 24.3 Å². The summed E-state index contributed by atoms with van der Waals surface area (Å²) in [6, 6.07) is 13.7. The number of benzene rings is 2. The van der Waals surface area contributed by atoms with Gasteiger partial charge in [-0.25, -0.2) is 4.79 Å². The molecule has 0 atom stereocenters. The van der Waals surface area contributed by atoms with Crippen molar-refractivity contribution < 1.29 is 19.4 Å². The number of hydrogen-bond acceptors (Lipinski definition) is 3. The van der Waals surface area contributed by atoms with Crippen LogP contribution in [0.4, 0.5) is 0 Å². The summed E-state index contributed by atoms with van der Waals surface area (Å²) in [7, 11) is 1.67. The third-order valence-electron chi connectivity index (χ3n) is 7.83. The quantitative estimate of drug-likeness (QED) is 0.513. The molecule has 0 unspecified atom stereocenters. The first-order valence-corrected chi connectivity index (χ1v) is 11.8.